The van der Waals surface area contributed by atoms with Crippen molar-refractivity contribution >= 4 is 17.5 Å². The fourth-order valence-electron chi connectivity index (χ4n) is 1.45. The van der Waals surface area contributed by atoms with E-state index in [-0.39, 0.29) is 5.91 Å². The van der Waals surface area contributed by atoms with E-state index < -0.39 is 6.10 Å². The number of nitrogens with zero attached hydrogens (tertiary/aromatic N) is 2. The van der Waals surface area contributed by atoms with Gasteiger partial charge in [-0.05, 0) is 32.4 Å². The summed E-state index contributed by atoms with van der Waals surface area (Å²) < 4.78 is 0. The third kappa shape index (κ3) is 4.32. The molecule has 94 valence electrons. The average molecular weight is 257 g/mol. The Labute approximate surface area is 106 Å². The summed E-state index contributed by atoms with van der Waals surface area (Å²) in [5.74, 6) is -0.113. The Morgan fingerprint density at radius 3 is 2.76 bits per heavy atom. The molecule has 0 aliphatic carbocycles. The second-order valence-electron chi connectivity index (χ2n) is 4.18. The highest BCUT2D eigenvalue weighted by molar-refractivity contribution is 6.29. The largest absolute Gasteiger partial charge is 0.393 e. The monoisotopic (exact) mass is 256 g/mol. The third-order valence-corrected chi connectivity index (χ3v) is 2.59. The molecule has 17 heavy (non-hydrogen) atoms. The molecule has 0 radical (unpaired) electrons. The molecule has 0 saturated carbocycles. The van der Waals surface area contributed by atoms with Crippen LogP contribution in [0.2, 0.25) is 5.15 Å². The van der Waals surface area contributed by atoms with Gasteiger partial charge in [-0.15, -0.1) is 0 Å². The smallest absolute Gasteiger partial charge is 0.253 e. The van der Waals surface area contributed by atoms with E-state index in [0.29, 0.717) is 29.4 Å². The number of pyridine rings is 1. The summed E-state index contributed by atoms with van der Waals surface area (Å²) in [6.45, 7) is 4.00. The number of rotatable bonds is 4. The molecule has 0 saturated heterocycles. The molecule has 0 spiro atoms. The van der Waals surface area contributed by atoms with Crippen LogP contribution >= 0.6 is 11.6 Å². The van der Waals surface area contributed by atoms with Crippen molar-refractivity contribution in [3.8, 4) is 0 Å². The van der Waals surface area contributed by atoms with Gasteiger partial charge >= 0.3 is 0 Å². The van der Waals surface area contributed by atoms with Crippen LogP contribution < -0.4 is 0 Å². The van der Waals surface area contributed by atoms with Gasteiger partial charge in [0.2, 0.25) is 0 Å². The first-order valence-corrected chi connectivity index (χ1v) is 5.85. The highest BCUT2D eigenvalue weighted by Crippen LogP contribution is 2.12. The normalized spacial score (nSPS) is 12.3. The molecule has 4 nitrogen and oxygen atoms in total. The lowest BCUT2D eigenvalue weighted by atomic mass is 10.2. The lowest BCUT2D eigenvalue weighted by Crippen LogP contribution is -2.29. The quantitative estimate of drug-likeness (QED) is 0.837. The Bertz CT molecular complexity index is 387. The fraction of sp³-hybridized carbons (Fsp3) is 0.500. The molecule has 1 rings (SSSR count). The van der Waals surface area contributed by atoms with Crippen LogP contribution in [0.1, 0.15) is 29.4 Å². The summed E-state index contributed by atoms with van der Waals surface area (Å²) in [6, 6.07) is 3.25. The van der Waals surface area contributed by atoms with Gasteiger partial charge in [0.25, 0.3) is 5.91 Å². The van der Waals surface area contributed by atoms with Crippen LogP contribution in [0.4, 0.5) is 0 Å². The molecule has 1 aromatic rings. The minimum absolute atomic E-state index is 0.113. The van der Waals surface area contributed by atoms with Crippen molar-refractivity contribution in [2.24, 2.45) is 0 Å². The first kappa shape index (κ1) is 13.9. The molecular weight excluding hydrogens is 240 g/mol. The summed E-state index contributed by atoms with van der Waals surface area (Å²) in [6.07, 6.45) is 0.146. The van der Waals surface area contributed by atoms with Crippen molar-refractivity contribution in [2.45, 2.75) is 26.4 Å². The molecule has 1 heterocycles. The van der Waals surface area contributed by atoms with Gasteiger partial charge in [0.15, 0.2) is 0 Å². The van der Waals surface area contributed by atoms with Crippen molar-refractivity contribution in [1.82, 2.24) is 9.88 Å². The number of aryl methyl sites for hydroxylation is 1. The van der Waals surface area contributed by atoms with Crippen LogP contribution in [-0.4, -0.2) is 40.6 Å². The molecule has 1 amide bonds. The SMILES string of the molecule is Cc1cc(C(=O)N(C)CCC(C)O)cc(Cl)n1. The summed E-state index contributed by atoms with van der Waals surface area (Å²) >= 11 is 5.80. The standard InChI is InChI=1S/C12H17ClN2O2/c1-8-6-10(7-11(13)14-8)12(17)15(3)5-4-9(2)16/h6-7,9,16H,4-5H2,1-3H3. The van der Waals surface area contributed by atoms with Crippen molar-refractivity contribution in [1.29, 1.82) is 0 Å². The number of aromatic nitrogens is 1. The molecule has 1 aromatic heterocycles. The molecule has 1 N–H and O–H groups in total. The zero-order valence-electron chi connectivity index (χ0n) is 10.3. The molecule has 0 bridgehead atoms. The summed E-state index contributed by atoms with van der Waals surface area (Å²) in [7, 11) is 1.70. The van der Waals surface area contributed by atoms with E-state index >= 15 is 0 Å². The third-order valence-electron chi connectivity index (χ3n) is 2.40. The van der Waals surface area contributed by atoms with Gasteiger partial charge < -0.3 is 10.0 Å². The molecule has 0 fully saturated rings. The first-order chi connectivity index (χ1) is 7.90. The van der Waals surface area contributed by atoms with Gasteiger partial charge in [0.1, 0.15) is 5.15 Å². The predicted octanol–water partition coefficient (Wildman–Crippen LogP) is 1.89. The van der Waals surface area contributed by atoms with Crippen LogP contribution in [0.3, 0.4) is 0 Å². The number of aliphatic hydroxyl groups excluding tert-OH is 1. The van der Waals surface area contributed by atoms with Crippen LogP contribution in [0, 0.1) is 6.92 Å². The van der Waals surface area contributed by atoms with Gasteiger partial charge in [-0.1, -0.05) is 11.6 Å². The Hall–Kier alpha value is -1.13. The van der Waals surface area contributed by atoms with Gasteiger partial charge in [0, 0.05) is 24.8 Å². The number of carbonyl (C=O) groups is 1. The van der Waals surface area contributed by atoms with Gasteiger partial charge in [-0.25, -0.2) is 4.98 Å². The zero-order valence-corrected chi connectivity index (χ0v) is 11.0. The van der Waals surface area contributed by atoms with Crippen LogP contribution in [0.15, 0.2) is 12.1 Å². The molecule has 0 aliphatic rings. The molecule has 0 aromatic carbocycles. The summed E-state index contributed by atoms with van der Waals surface area (Å²) in [5, 5.41) is 9.49. The van der Waals surface area contributed by atoms with Gasteiger partial charge in [-0.3, -0.25) is 4.79 Å². The second-order valence-corrected chi connectivity index (χ2v) is 4.57. The van der Waals surface area contributed by atoms with Crippen molar-refractivity contribution < 1.29 is 9.90 Å². The Balaban J connectivity index is 2.74. The van der Waals surface area contributed by atoms with E-state index in [1.807, 2.05) is 0 Å². The van der Waals surface area contributed by atoms with Crippen molar-refractivity contribution in [3.05, 3.63) is 28.5 Å². The molecule has 1 unspecified atom stereocenters. The number of amides is 1. The van der Waals surface area contributed by atoms with Gasteiger partial charge in [0.05, 0.1) is 6.10 Å². The number of hydrogen-bond donors (Lipinski definition) is 1. The van der Waals surface area contributed by atoms with E-state index in [2.05, 4.69) is 4.98 Å². The molecule has 0 aliphatic heterocycles. The van der Waals surface area contributed by atoms with Crippen LogP contribution in [0.25, 0.3) is 0 Å². The van der Waals surface area contributed by atoms with Gasteiger partial charge in [-0.2, -0.15) is 0 Å². The Kier molecular flexibility index (Phi) is 4.90. The highest BCUT2D eigenvalue weighted by atomic mass is 35.5. The van der Waals surface area contributed by atoms with Crippen LogP contribution in [-0.2, 0) is 0 Å². The fourth-order valence-corrected chi connectivity index (χ4v) is 1.70. The minimum atomic E-state index is -0.409. The van der Waals surface area contributed by atoms with E-state index in [9.17, 15) is 9.90 Å². The lowest BCUT2D eigenvalue weighted by molar-refractivity contribution is 0.0768. The molecular formula is C12H17ClN2O2. The number of aliphatic hydroxyl groups is 1. The Morgan fingerprint density at radius 2 is 2.24 bits per heavy atom. The maximum atomic E-state index is 12.0. The van der Waals surface area contributed by atoms with Crippen molar-refractivity contribution in [3.63, 3.8) is 0 Å². The van der Waals surface area contributed by atoms with E-state index in [1.54, 1.807) is 37.9 Å². The number of hydrogen-bond acceptors (Lipinski definition) is 3. The van der Waals surface area contributed by atoms with Crippen molar-refractivity contribution in [2.75, 3.05) is 13.6 Å². The maximum Gasteiger partial charge on any atom is 0.253 e. The van der Waals surface area contributed by atoms with Crippen LogP contribution in [0.5, 0.6) is 0 Å². The summed E-state index contributed by atoms with van der Waals surface area (Å²) in [5.41, 5.74) is 1.24. The lowest BCUT2D eigenvalue weighted by Gasteiger charge is -2.18. The zero-order chi connectivity index (χ0) is 13.0. The van der Waals surface area contributed by atoms with E-state index in [1.165, 1.54) is 0 Å². The second kappa shape index (κ2) is 5.98. The maximum absolute atomic E-state index is 12.0. The average Bonchev–Trinajstić information content (AvgIpc) is 2.23. The topological polar surface area (TPSA) is 53.4 Å². The molecule has 1 atom stereocenters. The van der Waals surface area contributed by atoms with E-state index in [4.69, 9.17) is 11.6 Å². The number of carbonyl (C=O) groups excluding carboxylic acids is 1. The number of halogens is 1. The van der Waals surface area contributed by atoms with E-state index in [0.717, 1.165) is 0 Å². The highest BCUT2D eigenvalue weighted by Gasteiger charge is 2.13. The Morgan fingerprint density at radius 1 is 1.59 bits per heavy atom. The minimum Gasteiger partial charge on any atom is -0.393 e. The summed E-state index contributed by atoms with van der Waals surface area (Å²) in [4.78, 5) is 17.6. The predicted molar refractivity (Wildman–Crippen MR) is 67.2 cm³/mol. The molecule has 5 heteroatoms. The first-order valence-electron chi connectivity index (χ1n) is 5.48.